The largest absolute Gasteiger partial charge is 0.329 e. The van der Waals surface area contributed by atoms with Gasteiger partial charge in [0, 0.05) is 17.5 Å². The van der Waals surface area contributed by atoms with E-state index in [-0.39, 0.29) is 18.4 Å². The van der Waals surface area contributed by atoms with E-state index >= 15 is 0 Å². The molecule has 3 N–H and O–H groups in total. The summed E-state index contributed by atoms with van der Waals surface area (Å²) in [5, 5.41) is 0. The lowest BCUT2D eigenvalue weighted by Crippen LogP contribution is -2.45. The molecule has 0 radical (unpaired) electrons. The van der Waals surface area contributed by atoms with Crippen molar-refractivity contribution < 1.29 is 8.42 Å². The fourth-order valence-corrected chi connectivity index (χ4v) is 5.45. The molecular formula is C14H25ClN2O2S2. The molecule has 2 rings (SSSR count). The Labute approximate surface area is 138 Å². The molecular weight excluding hydrogens is 328 g/mol. The van der Waals surface area contributed by atoms with Gasteiger partial charge < -0.3 is 5.73 Å². The van der Waals surface area contributed by atoms with E-state index in [0.717, 1.165) is 24.1 Å². The van der Waals surface area contributed by atoms with Crippen molar-refractivity contribution in [3.63, 3.8) is 0 Å². The summed E-state index contributed by atoms with van der Waals surface area (Å²) in [6, 6.07) is 3.45. The highest BCUT2D eigenvalue weighted by Crippen LogP contribution is 2.28. The van der Waals surface area contributed by atoms with Crippen LogP contribution in [0.2, 0.25) is 0 Å². The van der Waals surface area contributed by atoms with Crippen LogP contribution in [0.4, 0.5) is 0 Å². The molecule has 7 heteroatoms. The van der Waals surface area contributed by atoms with Crippen molar-refractivity contribution in [1.29, 1.82) is 0 Å². The average molecular weight is 353 g/mol. The number of hydrogen-bond donors (Lipinski definition) is 2. The number of aryl methyl sites for hydroxylation is 1. The molecule has 1 saturated carbocycles. The van der Waals surface area contributed by atoms with Gasteiger partial charge in [-0.3, -0.25) is 0 Å². The second-order valence-corrected chi connectivity index (χ2v) is 8.55. The first-order valence-corrected chi connectivity index (χ1v) is 9.68. The van der Waals surface area contributed by atoms with Crippen molar-refractivity contribution >= 4 is 33.8 Å². The van der Waals surface area contributed by atoms with Gasteiger partial charge in [0.1, 0.15) is 4.21 Å². The van der Waals surface area contributed by atoms with Crippen LogP contribution in [0.3, 0.4) is 0 Å². The van der Waals surface area contributed by atoms with Crippen LogP contribution in [0.15, 0.2) is 16.3 Å². The second-order valence-electron chi connectivity index (χ2n) is 5.44. The van der Waals surface area contributed by atoms with Crippen molar-refractivity contribution in [3.8, 4) is 0 Å². The molecule has 1 aliphatic carbocycles. The predicted molar refractivity (Wildman–Crippen MR) is 90.7 cm³/mol. The Kier molecular flexibility index (Phi) is 7.64. The van der Waals surface area contributed by atoms with Crippen molar-refractivity contribution in [3.05, 3.63) is 17.0 Å². The first-order chi connectivity index (χ1) is 9.56. The smallest absolute Gasteiger partial charge is 0.250 e. The Bertz CT molecular complexity index is 525. The van der Waals surface area contributed by atoms with Crippen LogP contribution in [0.1, 0.15) is 43.9 Å². The van der Waals surface area contributed by atoms with E-state index in [1.807, 2.05) is 13.0 Å². The van der Waals surface area contributed by atoms with Crippen LogP contribution in [-0.2, 0) is 16.4 Å². The fraction of sp³-hybridized carbons (Fsp3) is 0.714. The lowest BCUT2D eigenvalue weighted by atomic mass is 9.84. The summed E-state index contributed by atoms with van der Waals surface area (Å²) in [6.07, 6.45) is 6.64. The van der Waals surface area contributed by atoms with Crippen LogP contribution in [0.5, 0.6) is 0 Å². The zero-order valence-electron chi connectivity index (χ0n) is 12.4. The molecule has 1 heterocycles. The predicted octanol–water partition coefficient (Wildman–Crippen LogP) is 2.92. The monoisotopic (exact) mass is 352 g/mol. The summed E-state index contributed by atoms with van der Waals surface area (Å²) in [7, 11) is -3.42. The van der Waals surface area contributed by atoms with E-state index in [1.54, 1.807) is 6.07 Å². The van der Waals surface area contributed by atoms with Crippen LogP contribution in [-0.4, -0.2) is 21.0 Å². The molecule has 1 aromatic rings. The van der Waals surface area contributed by atoms with E-state index in [1.165, 1.54) is 30.6 Å². The molecule has 0 bridgehead atoms. The Morgan fingerprint density at radius 1 is 1.33 bits per heavy atom. The number of hydrogen-bond acceptors (Lipinski definition) is 4. The summed E-state index contributed by atoms with van der Waals surface area (Å²) in [5.74, 6) is 0.383. The average Bonchev–Trinajstić information content (AvgIpc) is 2.95. The Morgan fingerprint density at radius 3 is 2.52 bits per heavy atom. The summed E-state index contributed by atoms with van der Waals surface area (Å²) >= 11 is 1.35. The highest BCUT2D eigenvalue weighted by atomic mass is 35.5. The van der Waals surface area contributed by atoms with Crippen LogP contribution in [0.25, 0.3) is 0 Å². The first kappa shape index (κ1) is 18.9. The zero-order chi connectivity index (χ0) is 14.6. The van der Waals surface area contributed by atoms with E-state index in [2.05, 4.69) is 4.72 Å². The zero-order valence-corrected chi connectivity index (χ0v) is 14.8. The van der Waals surface area contributed by atoms with E-state index in [9.17, 15) is 8.42 Å². The van der Waals surface area contributed by atoms with Crippen molar-refractivity contribution in [2.75, 3.05) is 6.54 Å². The molecule has 4 nitrogen and oxygen atoms in total. The minimum absolute atomic E-state index is 0. The van der Waals surface area contributed by atoms with E-state index < -0.39 is 10.0 Å². The van der Waals surface area contributed by atoms with Gasteiger partial charge in [0.25, 0.3) is 0 Å². The van der Waals surface area contributed by atoms with Gasteiger partial charge >= 0.3 is 0 Å². The van der Waals surface area contributed by atoms with Crippen molar-refractivity contribution in [2.24, 2.45) is 11.7 Å². The minimum Gasteiger partial charge on any atom is -0.329 e. The van der Waals surface area contributed by atoms with Gasteiger partial charge in [0.2, 0.25) is 10.0 Å². The van der Waals surface area contributed by atoms with Gasteiger partial charge in [-0.15, -0.1) is 23.7 Å². The van der Waals surface area contributed by atoms with Crippen molar-refractivity contribution in [2.45, 2.75) is 55.7 Å². The maximum atomic E-state index is 12.4. The molecule has 1 atom stereocenters. The quantitative estimate of drug-likeness (QED) is 0.826. The Morgan fingerprint density at radius 2 is 2.00 bits per heavy atom. The second kappa shape index (κ2) is 8.48. The molecule has 1 unspecified atom stereocenters. The van der Waals surface area contributed by atoms with Gasteiger partial charge in [-0.1, -0.05) is 26.2 Å². The molecule has 0 saturated heterocycles. The summed E-state index contributed by atoms with van der Waals surface area (Å²) in [4.78, 5) is 1.09. The molecule has 1 aliphatic rings. The topological polar surface area (TPSA) is 72.2 Å². The Balaban J connectivity index is 0.00000220. The SMILES string of the molecule is CCc1ccc(S(=O)(=O)NC(CN)C2CCCCC2)s1.Cl. The normalized spacial score (nSPS) is 18.2. The number of nitrogens with two attached hydrogens (primary N) is 1. The van der Waals surface area contributed by atoms with Crippen LogP contribution < -0.4 is 10.5 Å². The first-order valence-electron chi connectivity index (χ1n) is 7.38. The minimum atomic E-state index is -3.42. The third-order valence-electron chi connectivity index (χ3n) is 4.03. The molecule has 122 valence electrons. The maximum Gasteiger partial charge on any atom is 0.250 e. The Hall–Kier alpha value is -0.140. The van der Waals surface area contributed by atoms with Gasteiger partial charge in [-0.25, -0.2) is 13.1 Å². The van der Waals surface area contributed by atoms with Gasteiger partial charge in [-0.2, -0.15) is 0 Å². The number of rotatable bonds is 6. The number of sulfonamides is 1. The highest BCUT2D eigenvalue weighted by molar-refractivity contribution is 7.91. The molecule has 0 aromatic carbocycles. The van der Waals surface area contributed by atoms with Gasteiger partial charge in [0.15, 0.2) is 0 Å². The molecule has 0 aliphatic heterocycles. The van der Waals surface area contributed by atoms with Gasteiger partial charge in [0.05, 0.1) is 0 Å². The van der Waals surface area contributed by atoms with E-state index in [0.29, 0.717) is 16.7 Å². The standard InChI is InChI=1S/C14H24N2O2S2.ClH/c1-2-12-8-9-14(19-12)20(17,18)16-13(10-15)11-6-4-3-5-7-11;/h8-9,11,13,16H,2-7,10,15H2,1H3;1H. The summed E-state index contributed by atoms with van der Waals surface area (Å²) < 4.78 is 28.1. The molecule has 0 spiro atoms. The molecule has 21 heavy (non-hydrogen) atoms. The highest BCUT2D eigenvalue weighted by Gasteiger charge is 2.28. The van der Waals surface area contributed by atoms with Crippen LogP contribution >= 0.6 is 23.7 Å². The van der Waals surface area contributed by atoms with E-state index in [4.69, 9.17) is 5.73 Å². The fourth-order valence-electron chi connectivity index (χ4n) is 2.82. The summed E-state index contributed by atoms with van der Waals surface area (Å²) in [6.45, 7) is 2.40. The summed E-state index contributed by atoms with van der Waals surface area (Å²) in [5.41, 5.74) is 5.80. The lowest BCUT2D eigenvalue weighted by molar-refractivity contribution is 0.294. The number of halogens is 1. The third-order valence-corrected chi connectivity index (χ3v) is 7.24. The lowest BCUT2D eigenvalue weighted by Gasteiger charge is -2.29. The number of nitrogens with one attached hydrogen (secondary N) is 1. The van der Waals surface area contributed by atoms with Crippen molar-refractivity contribution in [1.82, 2.24) is 4.72 Å². The third kappa shape index (κ3) is 4.93. The number of thiophene rings is 1. The molecule has 1 fully saturated rings. The van der Waals surface area contributed by atoms with Crippen LogP contribution in [0, 0.1) is 5.92 Å². The molecule has 0 amide bonds. The molecule has 1 aromatic heterocycles. The van der Waals surface area contributed by atoms with Gasteiger partial charge in [-0.05, 0) is 37.3 Å². The maximum absolute atomic E-state index is 12.4.